The van der Waals surface area contributed by atoms with E-state index in [1.807, 2.05) is 25.1 Å². The van der Waals surface area contributed by atoms with Crippen LogP contribution in [0.5, 0.6) is 0 Å². The summed E-state index contributed by atoms with van der Waals surface area (Å²) in [5.41, 5.74) is 1.90. The number of benzene rings is 1. The van der Waals surface area contributed by atoms with Crippen molar-refractivity contribution in [2.24, 2.45) is 0 Å². The van der Waals surface area contributed by atoms with Crippen molar-refractivity contribution in [2.45, 2.75) is 50.1 Å². The summed E-state index contributed by atoms with van der Waals surface area (Å²) in [4.78, 5) is 0.481. The number of sulfonamides is 1. The molecule has 110 valence electrons. The van der Waals surface area contributed by atoms with Gasteiger partial charge in [0.15, 0.2) is 0 Å². The fourth-order valence-corrected chi connectivity index (χ4v) is 4.44. The Morgan fingerprint density at radius 1 is 1.25 bits per heavy atom. The smallest absolute Gasteiger partial charge is 0.243 e. The molecule has 0 bridgehead atoms. The highest BCUT2D eigenvalue weighted by molar-refractivity contribution is 7.89. The highest BCUT2D eigenvalue weighted by Crippen LogP contribution is 2.25. The van der Waals surface area contributed by atoms with Crippen LogP contribution in [0.25, 0.3) is 0 Å². The first kappa shape index (κ1) is 14.0. The molecule has 20 heavy (non-hydrogen) atoms. The zero-order valence-electron chi connectivity index (χ0n) is 11.9. The second-order valence-electron chi connectivity index (χ2n) is 5.87. The molecule has 0 aromatic heterocycles. The van der Waals surface area contributed by atoms with E-state index in [9.17, 15) is 8.42 Å². The van der Waals surface area contributed by atoms with Crippen LogP contribution in [-0.2, 0) is 16.6 Å². The molecule has 1 aromatic carbocycles. The van der Waals surface area contributed by atoms with Crippen LogP contribution in [0.4, 0.5) is 0 Å². The van der Waals surface area contributed by atoms with Crippen molar-refractivity contribution < 1.29 is 8.42 Å². The van der Waals surface area contributed by atoms with Crippen LogP contribution in [0.3, 0.4) is 0 Å². The first-order chi connectivity index (χ1) is 9.57. The number of hydrogen-bond acceptors (Lipinski definition) is 3. The molecule has 1 N–H and O–H groups in total. The zero-order chi connectivity index (χ0) is 14.2. The minimum Gasteiger partial charge on any atom is -0.310 e. The van der Waals surface area contributed by atoms with Crippen molar-refractivity contribution in [3.05, 3.63) is 29.3 Å². The first-order valence-corrected chi connectivity index (χ1v) is 8.84. The molecule has 2 fully saturated rings. The first-order valence-electron chi connectivity index (χ1n) is 7.40. The van der Waals surface area contributed by atoms with E-state index in [1.165, 1.54) is 12.8 Å². The van der Waals surface area contributed by atoms with Gasteiger partial charge >= 0.3 is 0 Å². The Balaban J connectivity index is 1.84. The highest BCUT2D eigenvalue weighted by Gasteiger charge is 2.28. The Kier molecular flexibility index (Phi) is 3.84. The molecule has 1 aliphatic heterocycles. The maximum atomic E-state index is 12.7. The third kappa shape index (κ3) is 2.90. The molecule has 0 unspecified atom stereocenters. The van der Waals surface area contributed by atoms with Gasteiger partial charge in [0.2, 0.25) is 10.0 Å². The molecule has 0 spiro atoms. The molecule has 3 rings (SSSR count). The Labute approximate surface area is 121 Å². The molecule has 2 aliphatic rings. The fourth-order valence-electron chi connectivity index (χ4n) is 2.65. The summed E-state index contributed by atoms with van der Waals surface area (Å²) in [6.07, 6.45) is 4.43. The minimum absolute atomic E-state index is 0.481. The molecule has 0 amide bonds. The van der Waals surface area contributed by atoms with Crippen molar-refractivity contribution in [1.82, 2.24) is 9.62 Å². The van der Waals surface area contributed by atoms with Gasteiger partial charge in [0.25, 0.3) is 0 Å². The van der Waals surface area contributed by atoms with Gasteiger partial charge in [-0.2, -0.15) is 4.31 Å². The van der Waals surface area contributed by atoms with Crippen LogP contribution < -0.4 is 5.32 Å². The monoisotopic (exact) mass is 294 g/mol. The van der Waals surface area contributed by atoms with Gasteiger partial charge < -0.3 is 5.32 Å². The fraction of sp³-hybridized carbons (Fsp3) is 0.600. The summed E-state index contributed by atoms with van der Waals surface area (Å²) in [7, 11) is -3.31. The Bertz CT molecular complexity index is 588. The van der Waals surface area contributed by atoms with Gasteiger partial charge in [-0.3, -0.25) is 0 Å². The second kappa shape index (κ2) is 5.47. The standard InChI is InChI=1S/C15H22N2O2S/c1-12-4-5-13(11-16-14-6-7-14)10-15(12)20(18,19)17-8-2-3-9-17/h4-5,10,14,16H,2-3,6-9,11H2,1H3. The van der Waals surface area contributed by atoms with Crippen LogP contribution in [0.1, 0.15) is 36.8 Å². The van der Waals surface area contributed by atoms with E-state index >= 15 is 0 Å². The molecule has 1 saturated heterocycles. The molecule has 1 heterocycles. The molecule has 1 aliphatic carbocycles. The van der Waals surface area contributed by atoms with E-state index in [0.717, 1.165) is 30.5 Å². The van der Waals surface area contributed by atoms with Gasteiger partial charge in [0.05, 0.1) is 4.90 Å². The van der Waals surface area contributed by atoms with E-state index in [1.54, 1.807) is 4.31 Å². The molecule has 4 nitrogen and oxygen atoms in total. The van der Waals surface area contributed by atoms with Crippen molar-refractivity contribution in [1.29, 1.82) is 0 Å². The molecular weight excluding hydrogens is 272 g/mol. The maximum Gasteiger partial charge on any atom is 0.243 e. The Hall–Kier alpha value is -0.910. The number of rotatable bonds is 5. The van der Waals surface area contributed by atoms with E-state index in [4.69, 9.17) is 0 Å². The summed E-state index contributed by atoms with van der Waals surface area (Å²) >= 11 is 0. The summed E-state index contributed by atoms with van der Waals surface area (Å²) in [6.45, 7) is 3.95. The van der Waals surface area contributed by atoms with Gasteiger partial charge in [0, 0.05) is 25.7 Å². The predicted molar refractivity (Wildman–Crippen MR) is 79.0 cm³/mol. The average molecular weight is 294 g/mol. The molecule has 1 aromatic rings. The SMILES string of the molecule is Cc1ccc(CNC2CC2)cc1S(=O)(=O)N1CCCC1. The van der Waals surface area contributed by atoms with Crippen LogP contribution in [-0.4, -0.2) is 31.9 Å². The summed E-state index contributed by atoms with van der Waals surface area (Å²) in [5, 5.41) is 3.43. The molecule has 0 radical (unpaired) electrons. The molecule has 5 heteroatoms. The average Bonchev–Trinajstić information content (AvgIpc) is 3.08. The summed E-state index contributed by atoms with van der Waals surface area (Å²) in [5.74, 6) is 0. The maximum absolute atomic E-state index is 12.7. The van der Waals surface area contributed by atoms with Crippen molar-refractivity contribution in [2.75, 3.05) is 13.1 Å². The quantitative estimate of drug-likeness (QED) is 0.904. The second-order valence-corrected chi connectivity index (χ2v) is 7.77. The van der Waals surface area contributed by atoms with Crippen molar-refractivity contribution in [3.8, 4) is 0 Å². The number of aryl methyl sites for hydroxylation is 1. The van der Waals surface area contributed by atoms with E-state index in [0.29, 0.717) is 24.0 Å². The largest absolute Gasteiger partial charge is 0.310 e. The topological polar surface area (TPSA) is 49.4 Å². The predicted octanol–water partition coefficient (Wildman–Crippen LogP) is 2.03. The van der Waals surface area contributed by atoms with Crippen LogP contribution in [0.2, 0.25) is 0 Å². The number of nitrogens with zero attached hydrogens (tertiary/aromatic N) is 1. The number of nitrogens with one attached hydrogen (secondary N) is 1. The van der Waals surface area contributed by atoms with Gasteiger partial charge in [-0.15, -0.1) is 0 Å². The number of hydrogen-bond donors (Lipinski definition) is 1. The minimum atomic E-state index is -3.31. The van der Waals surface area contributed by atoms with E-state index in [-0.39, 0.29) is 0 Å². The van der Waals surface area contributed by atoms with Gasteiger partial charge in [-0.1, -0.05) is 12.1 Å². The lowest BCUT2D eigenvalue weighted by Crippen LogP contribution is -2.28. The van der Waals surface area contributed by atoms with E-state index in [2.05, 4.69) is 5.32 Å². The van der Waals surface area contributed by atoms with Gasteiger partial charge in [-0.25, -0.2) is 8.42 Å². The Morgan fingerprint density at radius 3 is 2.60 bits per heavy atom. The van der Waals surface area contributed by atoms with Gasteiger partial charge in [0.1, 0.15) is 0 Å². The molecule has 0 atom stereocenters. The van der Waals surface area contributed by atoms with Crippen LogP contribution in [0, 0.1) is 6.92 Å². The lowest BCUT2D eigenvalue weighted by Gasteiger charge is -2.18. The third-order valence-electron chi connectivity index (χ3n) is 4.11. The molecular formula is C15H22N2O2S. The zero-order valence-corrected chi connectivity index (χ0v) is 12.7. The highest BCUT2D eigenvalue weighted by atomic mass is 32.2. The van der Waals surface area contributed by atoms with Gasteiger partial charge in [-0.05, 0) is 49.8 Å². The normalized spacial score (nSPS) is 20.4. The van der Waals surface area contributed by atoms with Crippen molar-refractivity contribution >= 4 is 10.0 Å². The van der Waals surface area contributed by atoms with E-state index < -0.39 is 10.0 Å². The van der Waals surface area contributed by atoms with Crippen LogP contribution in [0.15, 0.2) is 23.1 Å². The summed E-state index contributed by atoms with van der Waals surface area (Å²) < 4.78 is 26.9. The third-order valence-corrected chi connectivity index (χ3v) is 6.15. The lowest BCUT2D eigenvalue weighted by molar-refractivity contribution is 0.477. The lowest BCUT2D eigenvalue weighted by atomic mass is 10.1. The summed E-state index contributed by atoms with van der Waals surface area (Å²) in [6, 6.07) is 6.42. The van der Waals surface area contributed by atoms with Crippen molar-refractivity contribution in [3.63, 3.8) is 0 Å². The molecule has 1 saturated carbocycles. The Morgan fingerprint density at radius 2 is 1.95 bits per heavy atom. The van der Waals surface area contributed by atoms with Crippen LogP contribution >= 0.6 is 0 Å².